The van der Waals surface area contributed by atoms with Gasteiger partial charge in [0.15, 0.2) is 17.3 Å². The molecule has 2 aromatic carbocycles. The summed E-state index contributed by atoms with van der Waals surface area (Å²) in [7, 11) is 4.43. The SMILES string of the molecule is COc1cc(C(=O)Nc2ncc3c(n2)C[C@H](c2ccc(Cl)cc2)CC3=O)cc(OC)c1OC. The molecular weight excluding hydrogens is 446 g/mol. The van der Waals surface area contributed by atoms with Crippen molar-refractivity contribution in [1.29, 1.82) is 0 Å². The Hall–Kier alpha value is -3.65. The number of ether oxygens (including phenoxy) is 3. The zero-order valence-corrected chi connectivity index (χ0v) is 19.1. The molecule has 0 radical (unpaired) electrons. The Labute approximate surface area is 195 Å². The summed E-state index contributed by atoms with van der Waals surface area (Å²) in [6.07, 6.45) is 2.39. The zero-order chi connectivity index (χ0) is 23.5. The highest BCUT2D eigenvalue weighted by molar-refractivity contribution is 6.30. The van der Waals surface area contributed by atoms with Gasteiger partial charge >= 0.3 is 0 Å². The van der Waals surface area contributed by atoms with Crippen molar-refractivity contribution in [2.24, 2.45) is 0 Å². The van der Waals surface area contributed by atoms with Crippen LogP contribution < -0.4 is 19.5 Å². The Kier molecular flexibility index (Phi) is 6.46. The highest BCUT2D eigenvalue weighted by Crippen LogP contribution is 2.38. The minimum Gasteiger partial charge on any atom is -0.493 e. The van der Waals surface area contributed by atoms with E-state index in [1.165, 1.54) is 39.7 Å². The summed E-state index contributed by atoms with van der Waals surface area (Å²) in [6, 6.07) is 10.5. The number of ketones is 1. The minimum absolute atomic E-state index is 0.0178. The van der Waals surface area contributed by atoms with Gasteiger partial charge in [-0.3, -0.25) is 14.9 Å². The van der Waals surface area contributed by atoms with Crippen LogP contribution in [0, 0.1) is 0 Å². The molecule has 0 spiro atoms. The second-order valence-electron chi connectivity index (χ2n) is 7.50. The first-order valence-corrected chi connectivity index (χ1v) is 10.6. The maximum absolute atomic E-state index is 12.9. The van der Waals surface area contributed by atoms with E-state index >= 15 is 0 Å². The first-order valence-electron chi connectivity index (χ1n) is 10.2. The van der Waals surface area contributed by atoms with Crippen molar-refractivity contribution in [2.75, 3.05) is 26.6 Å². The molecule has 0 saturated heterocycles. The van der Waals surface area contributed by atoms with Crippen LogP contribution in [0.15, 0.2) is 42.6 Å². The van der Waals surface area contributed by atoms with Crippen molar-refractivity contribution >= 4 is 29.2 Å². The molecule has 1 aliphatic rings. The van der Waals surface area contributed by atoms with Crippen molar-refractivity contribution in [3.8, 4) is 17.2 Å². The van der Waals surface area contributed by atoms with Crippen LogP contribution in [0.25, 0.3) is 0 Å². The molecule has 0 saturated carbocycles. The molecule has 9 heteroatoms. The number of methoxy groups -OCH3 is 3. The molecule has 8 nitrogen and oxygen atoms in total. The van der Waals surface area contributed by atoms with Gasteiger partial charge in [-0.1, -0.05) is 23.7 Å². The summed E-state index contributed by atoms with van der Waals surface area (Å²) in [5, 5.41) is 3.32. The first kappa shape index (κ1) is 22.5. The number of carbonyl (C=O) groups is 2. The number of benzene rings is 2. The highest BCUT2D eigenvalue weighted by Gasteiger charge is 2.28. The molecule has 0 fully saturated rings. The van der Waals surface area contributed by atoms with Crippen molar-refractivity contribution in [1.82, 2.24) is 9.97 Å². The maximum atomic E-state index is 12.9. The van der Waals surface area contributed by atoms with Gasteiger partial charge in [-0.25, -0.2) is 9.97 Å². The van der Waals surface area contributed by atoms with E-state index in [9.17, 15) is 9.59 Å². The van der Waals surface area contributed by atoms with E-state index in [0.29, 0.717) is 46.4 Å². The van der Waals surface area contributed by atoms with E-state index in [-0.39, 0.29) is 23.2 Å². The monoisotopic (exact) mass is 467 g/mol. The number of hydrogen-bond donors (Lipinski definition) is 1. The fraction of sp³-hybridized carbons (Fsp3) is 0.250. The summed E-state index contributed by atoms with van der Waals surface area (Å²) in [5.41, 5.74) is 2.37. The Balaban J connectivity index is 1.58. The van der Waals surface area contributed by atoms with Crippen LogP contribution in [-0.2, 0) is 6.42 Å². The third-order valence-corrected chi connectivity index (χ3v) is 5.79. The summed E-state index contributed by atoms with van der Waals surface area (Å²) < 4.78 is 15.9. The van der Waals surface area contributed by atoms with Crippen LogP contribution in [0.3, 0.4) is 0 Å². The highest BCUT2D eigenvalue weighted by atomic mass is 35.5. The van der Waals surface area contributed by atoms with Gasteiger partial charge in [0.05, 0.1) is 32.6 Å². The van der Waals surface area contributed by atoms with Crippen LogP contribution >= 0.6 is 11.6 Å². The lowest BCUT2D eigenvalue weighted by Gasteiger charge is -2.23. The number of fused-ring (bicyclic) bond motifs is 1. The Morgan fingerprint density at radius 3 is 2.30 bits per heavy atom. The molecule has 4 rings (SSSR count). The standard InChI is InChI=1S/C24H22ClN3O5/c1-31-20-10-15(11-21(32-2)22(20)33-3)23(30)28-24-26-12-17-18(27-24)8-14(9-19(17)29)13-4-6-16(25)7-5-13/h4-7,10-12,14H,8-9H2,1-3H3,(H,26,27,28,30)/t14-/m0/s1. The topological polar surface area (TPSA) is 99.6 Å². The summed E-state index contributed by atoms with van der Waals surface area (Å²) in [5.74, 6) is 0.694. The lowest BCUT2D eigenvalue weighted by atomic mass is 9.82. The molecule has 1 heterocycles. The third-order valence-electron chi connectivity index (χ3n) is 5.53. The maximum Gasteiger partial charge on any atom is 0.258 e. The van der Waals surface area contributed by atoms with Crippen molar-refractivity contribution in [2.45, 2.75) is 18.8 Å². The van der Waals surface area contributed by atoms with Gasteiger partial charge in [-0.15, -0.1) is 0 Å². The molecule has 0 bridgehead atoms. The number of Topliss-reactive ketones (excluding diaryl/α,β-unsaturated/α-hetero) is 1. The predicted octanol–water partition coefficient (Wildman–Crippen LogP) is 4.32. The quantitative estimate of drug-likeness (QED) is 0.576. The molecule has 1 amide bonds. The zero-order valence-electron chi connectivity index (χ0n) is 18.3. The van der Waals surface area contributed by atoms with E-state index in [4.69, 9.17) is 25.8 Å². The number of nitrogens with zero attached hydrogens (tertiary/aromatic N) is 2. The summed E-state index contributed by atoms with van der Waals surface area (Å²) >= 11 is 5.98. The van der Waals surface area contributed by atoms with Crippen LogP contribution in [0.4, 0.5) is 5.95 Å². The molecule has 170 valence electrons. The van der Waals surface area contributed by atoms with E-state index < -0.39 is 5.91 Å². The average Bonchev–Trinajstić information content (AvgIpc) is 2.83. The van der Waals surface area contributed by atoms with E-state index in [1.54, 1.807) is 12.1 Å². The second kappa shape index (κ2) is 9.46. The number of aromatic nitrogens is 2. The molecule has 1 atom stereocenters. The normalized spacial score (nSPS) is 14.9. The van der Waals surface area contributed by atoms with Crippen LogP contribution in [0.5, 0.6) is 17.2 Å². The first-order chi connectivity index (χ1) is 15.9. The fourth-order valence-electron chi connectivity index (χ4n) is 3.86. The van der Waals surface area contributed by atoms with Gasteiger partial charge in [0, 0.05) is 23.2 Å². The van der Waals surface area contributed by atoms with Crippen molar-refractivity contribution < 1.29 is 23.8 Å². The smallest absolute Gasteiger partial charge is 0.258 e. The van der Waals surface area contributed by atoms with Gasteiger partial charge in [0.2, 0.25) is 11.7 Å². The fourth-order valence-corrected chi connectivity index (χ4v) is 3.99. The molecule has 3 aromatic rings. The van der Waals surface area contributed by atoms with Crippen LogP contribution in [0.2, 0.25) is 5.02 Å². The largest absolute Gasteiger partial charge is 0.493 e. The van der Waals surface area contributed by atoms with E-state index in [2.05, 4.69) is 15.3 Å². The third kappa shape index (κ3) is 4.61. The average molecular weight is 468 g/mol. The summed E-state index contributed by atoms with van der Waals surface area (Å²) in [6.45, 7) is 0. The van der Waals surface area contributed by atoms with E-state index in [1.807, 2.05) is 12.1 Å². The Morgan fingerprint density at radius 2 is 1.70 bits per heavy atom. The van der Waals surface area contributed by atoms with Gasteiger partial charge in [-0.2, -0.15) is 0 Å². The number of anilines is 1. The number of hydrogen-bond acceptors (Lipinski definition) is 7. The predicted molar refractivity (Wildman–Crippen MR) is 123 cm³/mol. The lowest BCUT2D eigenvalue weighted by molar-refractivity contribution is 0.0962. The van der Waals surface area contributed by atoms with Crippen molar-refractivity contribution in [3.05, 3.63) is 70.0 Å². The Morgan fingerprint density at radius 1 is 1.03 bits per heavy atom. The van der Waals surface area contributed by atoms with Gasteiger partial charge < -0.3 is 14.2 Å². The van der Waals surface area contributed by atoms with Gasteiger partial charge in [0.25, 0.3) is 5.91 Å². The van der Waals surface area contributed by atoms with Crippen molar-refractivity contribution in [3.63, 3.8) is 0 Å². The summed E-state index contributed by atoms with van der Waals surface area (Å²) in [4.78, 5) is 34.2. The number of halogens is 1. The number of nitrogens with one attached hydrogen (secondary N) is 1. The van der Waals surface area contributed by atoms with E-state index in [0.717, 1.165) is 5.56 Å². The lowest BCUT2D eigenvalue weighted by Crippen LogP contribution is -2.22. The minimum atomic E-state index is -0.453. The number of carbonyl (C=O) groups excluding carboxylic acids is 2. The molecule has 0 unspecified atom stereocenters. The molecule has 1 N–H and O–H groups in total. The Bertz CT molecular complexity index is 1190. The number of amides is 1. The molecule has 0 aliphatic heterocycles. The van der Waals surface area contributed by atoms with Gasteiger partial charge in [0.1, 0.15) is 0 Å². The molecule has 1 aromatic heterocycles. The van der Waals surface area contributed by atoms with Crippen LogP contribution in [-0.4, -0.2) is 43.0 Å². The number of rotatable bonds is 6. The second-order valence-corrected chi connectivity index (χ2v) is 7.94. The molecule has 33 heavy (non-hydrogen) atoms. The van der Waals surface area contributed by atoms with Crippen LogP contribution in [0.1, 0.15) is 44.3 Å². The molecular formula is C24H22ClN3O5. The molecule has 1 aliphatic carbocycles. The van der Waals surface area contributed by atoms with Gasteiger partial charge in [-0.05, 0) is 42.2 Å².